The summed E-state index contributed by atoms with van der Waals surface area (Å²) in [6, 6.07) is 0.280. The minimum atomic E-state index is 0.280. The summed E-state index contributed by atoms with van der Waals surface area (Å²) in [6.07, 6.45) is 1.16. The van der Waals surface area contributed by atoms with Crippen LogP contribution < -0.4 is 5.73 Å². The van der Waals surface area contributed by atoms with Gasteiger partial charge < -0.3 is 5.73 Å². The van der Waals surface area contributed by atoms with Gasteiger partial charge in [-0.05, 0) is 30.5 Å². The van der Waals surface area contributed by atoms with Gasteiger partial charge in [-0.2, -0.15) is 0 Å². The van der Waals surface area contributed by atoms with E-state index in [-0.39, 0.29) is 6.04 Å². The van der Waals surface area contributed by atoms with Gasteiger partial charge in [-0.1, -0.05) is 18.3 Å². The first kappa shape index (κ1) is 11.3. The highest BCUT2D eigenvalue weighted by molar-refractivity contribution is 7.15. The smallest absolute Gasteiger partial charge is 0.207 e. The van der Waals surface area contributed by atoms with Crippen molar-refractivity contribution in [1.82, 2.24) is 15.1 Å². The van der Waals surface area contributed by atoms with Crippen molar-refractivity contribution in [3.8, 4) is 0 Å². The van der Waals surface area contributed by atoms with Crippen molar-refractivity contribution in [1.29, 1.82) is 0 Å². The van der Waals surface area contributed by atoms with Crippen molar-refractivity contribution in [3.63, 3.8) is 0 Å². The number of likely N-dealkylation sites (tertiary alicyclic amines) is 1. The van der Waals surface area contributed by atoms with Crippen molar-refractivity contribution < 1.29 is 0 Å². The van der Waals surface area contributed by atoms with Gasteiger partial charge in [0.15, 0.2) is 0 Å². The number of halogens is 1. The van der Waals surface area contributed by atoms with Gasteiger partial charge in [0.25, 0.3) is 0 Å². The molecule has 1 fully saturated rings. The molecule has 1 aromatic heterocycles. The average Bonchev–Trinajstić information content (AvgIpc) is 2.58. The molecule has 2 heterocycles. The minimum absolute atomic E-state index is 0.280. The van der Waals surface area contributed by atoms with E-state index in [1.165, 1.54) is 11.3 Å². The number of hydrogen-bond donors (Lipinski definition) is 1. The van der Waals surface area contributed by atoms with Gasteiger partial charge in [-0.3, -0.25) is 4.90 Å². The third-order valence-electron chi connectivity index (χ3n) is 2.90. The quantitative estimate of drug-likeness (QED) is 0.856. The summed E-state index contributed by atoms with van der Waals surface area (Å²) in [4.78, 5) is 2.32. The molecular weight excluding hydrogens is 232 g/mol. The second kappa shape index (κ2) is 4.74. The summed E-state index contributed by atoms with van der Waals surface area (Å²) in [5.41, 5.74) is 6.03. The number of nitrogens with two attached hydrogens (primary N) is 1. The third-order valence-corrected chi connectivity index (χ3v) is 3.91. The zero-order valence-corrected chi connectivity index (χ0v) is 10.3. The van der Waals surface area contributed by atoms with E-state index >= 15 is 0 Å². The Morgan fingerprint density at radius 3 is 3.00 bits per heavy atom. The van der Waals surface area contributed by atoms with Gasteiger partial charge in [-0.25, -0.2) is 0 Å². The Bertz CT molecular complexity index is 330. The number of aromatic nitrogens is 2. The number of piperidine rings is 1. The summed E-state index contributed by atoms with van der Waals surface area (Å²) < 4.78 is 0.514. The van der Waals surface area contributed by atoms with Gasteiger partial charge in [-0.15, -0.1) is 10.2 Å². The molecule has 4 nitrogen and oxygen atoms in total. The average molecular weight is 247 g/mol. The lowest BCUT2D eigenvalue weighted by molar-refractivity contribution is 0.162. The summed E-state index contributed by atoms with van der Waals surface area (Å²) in [5, 5.41) is 8.77. The largest absolute Gasteiger partial charge is 0.326 e. The van der Waals surface area contributed by atoms with Crippen LogP contribution in [0, 0.1) is 5.92 Å². The maximum Gasteiger partial charge on any atom is 0.207 e. The van der Waals surface area contributed by atoms with Gasteiger partial charge >= 0.3 is 0 Å². The summed E-state index contributed by atoms with van der Waals surface area (Å²) in [7, 11) is 0. The molecule has 15 heavy (non-hydrogen) atoms. The molecule has 0 aromatic carbocycles. The van der Waals surface area contributed by atoms with E-state index in [0.29, 0.717) is 10.4 Å². The molecule has 1 saturated heterocycles. The lowest BCUT2D eigenvalue weighted by Gasteiger charge is -2.34. The van der Waals surface area contributed by atoms with Crippen molar-refractivity contribution in [2.45, 2.75) is 25.9 Å². The first-order valence-electron chi connectivity index (χ1n) is 5.11. The molecule has 1 aliphatic heterocycles. The molecule has 0 saturated carbocycles. The van der Waals surface area contributed by atoms with E-state index in [0.717, 1.165) is 31.1 Å². The molecule has 2 unspecified atom stereocenters. The summed E-state index contributed by atoms with van der Waals surface area (Å²) in [5.74, 6) is 0.624. The van der Waals surface area contributed by atoms with E-state index in [1.807, 2.05) is 0 Å². The van der Waals surface area contributed by atoms with Crippen molar-refractivity contribution in [2.75, 3.05) is 13.1 Å². The standard InChI is InChI=1S/C9H15ClN4S/c1-6-2-3-14(4-7(6)11)5-8-12-13-9(10)15-8/h6-7H,2-5,11H2,1H3. The van der Waals surface area contributed by atoms with Crippen molar-refractivity contribution in [3.05, 3.63) is 9.47 Å². The van der Waals surface area contributed by atoms with Crippen LogP contribution in [0.25, 0.3) is 0 Å². The molecule has 2 rings (SSSR count). The zero-order valence-electron chi connectivity index (χ0n) is 8.69. The molecule has 84 valence electrons. The lowest BCUT2D eigenvalue weighted by Crippen LogP contribution is -2.47. The van der Waals surface area contributed by atoms with Gasteiger partial charge in [0.05, 0.1) is 6.54 Å². The molecule has 0 bridgehead atoms. The normalized spacial score (nSPS) is 28.2. The minimum Gasteiger partial charge on any atom is -0.326 e. The first-order valence-corrected chi connectivity index (χ1v) is 6.30. The van der Waals surface area contributed by atoms with E-state index in [4.69, 9.17) is 17.3 Å². The highest BCUT2D eigenvalue weighted by Gasteiger charge is 2.23. The van der Waals surface area contributed by atoms with Crippen LogP contribution in [0.4, 0.5) is 0 Å². The van der Waals surface area contributed by atoms with Crippen LogP contribution in [0.5, 0.6) is 0 Å². The molecule has 0 aliphatic carbocycles. The Kier molecular flexibility index (Phi) is 3.56. The van der Waals surface area contributed by atoms with Gasteiger partial charge in [0.2, 0.25) is 4.47 Å². The molecule has 0 amide bonds. The summed E-state index contributed by atoms with van der Waals surface area (Å²) in [6.45, 7) is 5.07. The second-order valence-corrected chi connectivity index (χ2v) is 5.76. The van der Waals surface area contributed by atoms with Crippen molar-refractivity contribution in [2.24, 2.45) is 11.7 Å². The molecule has 2 N–H and O–H groups in total. The second-order valence-electron chi connectivity index (χ2n) is 4.11. The predicted octanol–water partition coefficient (Wildman–Crippen LogP) is 1.36. The SMILES string of the molecule is CC1CCN(Cc2nnc(Cl)s2)CC1N. The molecule has 1 aromatic rings. The van der Waals surface area contributed by atoms with Gasteiger partial charge in [0.1, 0.15) is 5.01 Å². The van der Waals surface area contributed by atoms with E-state index in [2.05, 4.69) is 22.0 Å². The summed E-state index contributed by atoms with van der Waals surface area (Å²) >= 11 is 7.18. The van der Waals surface area contributed by atoms with Crippen LogP contribution in [-0.4, -0.2) is 34.2 Å². The van der Waals surface area contributed by atoms with Crippen LogP contribution in [0.1, 0.15) is 18.4 Å². The maximum atomic E-state index is 6.03. The van der Waals surface area contributed by atoms with Crippen LogP contribution in [0.3, 0.4) is 0 Å². The molecule has 0 spiro atoms. The fourth-order valence-electron chi connectivity index (χ4n) is 1.80. The van der Waals surface area contributed by atoms with Crippen LogP contribution in [0.15, 0.2) is 0 Å². The molecular formula is C9H15ClN4S. The van der Waals surface area contributed by atoms with Crippen molar-refractivity contribution >= 4 is 22.9 Å². The Labute approximate surface area is 98.4 Å². The Morgan fingerprint density at radius 1 is 1.60 bits per heavy atom. The first-order chi connectivity index (χ1) is 7.15. The topological polar surface area (TPSA) is 55.0 Å². The fourth-order valence-corrected chi connectivity index (χ4v) is 2.71. The van der Waals surface area contributed by atoms with E-state index in [9.17, 15) is 0 Å². The highest BCUT2D eigenvalue weighted by atomic mass is 35.5. The van der Waals surface area contributed by atoms with E-state index < -0.39 is 0 Å². The Balaban J connectivity index is 1.90. The predicted molar refractivity (Wildman–Crippen MR) is 62.0 cm³/mol. The van der Waals surface area contributed by atoms with Crippen LogP contribution in [0.2, 0.25) is 4.47 Å². The number of hydrogen-bond acceptors (Lipinski definition) is 5. The zero-order chi connectivity index (χ0) is 10.8. The Hall–Kier alpha value is -0.230. The lowest BCUT2D eigenvalue weighted by atomic mass is 9.94. The highest BCUT2D eigenvalue weighted by Crippen LogP contribution is 2.20. The van der Waals surface area contributed by atoms with Crippen LogP contribution >= 0.6 is 22.9 Å². The van der Waals surface area contributed by atoms with Crippen LogP contribution in [-0.2, 0) is 6.54 Å². The molecule has 0 radical (unpaired) electrons. The maximum absolute atomic E-state index is 6.03. The molecule has 2 atom stereocenters. The van der Waals surface area contributed by atoms with E-state index in [1.54, 1.807) is 0 Å². The third kappa shape index (κ3) is 2.87. The Morgan fingerprint density at radius 2 is 2.40 bits per heavy atom. The molecule has 6 heteroatoms. The number of nitrogens with zero attached hydrogens (tertiary/aromatic N) is 3. The number of rotatable bonds is 2. The monoisotopic (exact) mass is 246 g/mol. The fraction of sp³-hybridized carbons (Fsp3) is 0.778. The van der Waals surface area contributed by atoms with Gasteiger partial charge in [0, 0.05) is 12.6 Å². The molecule has 1 aliphatic rings.